The van der Waals surface area contributed by atoms with Crippen molar-refractivity contribution < 1.29 is 8.42 Å². The van der Waals surface area contributed by atoms with Crippen molar-refractivity contribution in [3.63, 3.8) is 0 Å². The number of nitrogens with one attached hydrogen (secondary N) is 1. The van der Waals surface area contributed by atoms with Crippen LogP contribution in [0.25, 0.3) is 0 Å². The van der Waals surface area contributed by atoms with Crippen LogP contribution >= 0.6 is 0 Å². The predicted molar refractivity (Wildman–Crippen MR) is 111 cm³/mol. The summed E-state index contributed by atoms with van der Waals surface area (Å²) in [5.41, 5.74) is 2.42. The van der Waals surface area contributed by atoms with Crippen LogP contribution in [0.1, 0.15) is 18.9 Å². The Morgan fingerprint density at radius 2 is 1.59 bits per heavy atom. The van der Waals surface area contributed by atoms with Crippen molar-refractivity contribution in [3.05, 3.63) is 60.2 Å². The smallest absolute Gasteiger partial charge is 0.240 e. The quantitative estimate of drug-likeness (QED) is 0.708. The number of para-hydroxylation sites is 1. The first-order valence-electron chi connectivity index (χ1n) is 9.69. The minimum atomic E-state index is -3.41. The van der Waals surface area contributed by atoms with Crippen LogP contribution in [0.15, 0.2) is 59.5 Å². The van der Waals surface area contributed by atoms with Crippen LogP contribution in [0.2, 0.25) is 0 Å². The number of piperazine rings is 1. The fourth-order valence-electron chi connectivity index (χ4n) is 3.37. The monoisotopic (exact) mass is 387 g/mol. The molecule has 2 aromatic carbocycles. The first-order chi connectivity index (χ1) is 13.1. The van der Waals surface area contributed by atoms with Gasteiger partial charge in [0.25, 0.3) is 0 Å². The third-order valence-corrected chi connectivity index (χ3v) is 6.56. The molecule has 0 aromatic heterocycles. The molecule has 6 heteroatoms. The van der Waals surface area contributed by atoms with Crippen LogP contribution in [0, 0.1) is 0 Å². The average molecular weight is 388 g/mol. The van der Waals surface area contributed by atoms with Crippen molar-refractivity contribution in [2.75, 3.05) is 44.2 Å². The zero-order valence-corrected chi connectivity index (χ0v) is 16.8. The summed E-state index contributed by atoms with van der Waals surface area (Å²) >= 11 is 0. The Morgan fingerprint density at radius 3 is 2.22 bits per heavy atom. The van der Waals surface area contributed by atoms with E-state index in [-0.39, 0.29) is 0 Å². The molecule has 2 aromatic rings. The standard InChI is InChI=1S/C21H29N3O2S/c1-2-19-9-11-21(12-10-19)27(25,26)22-13-6-14-23-15-17-24(18-16-23)20-7-4-3-5-8-20/h3-5,7-12,22H,2,6,13-18H2,1H3. The number of rotatable bonds is 8. The van der Waals surface area contributed by atoms with Crippen LogP contribution in [-0.4, -0.2) is 52.6 Å². The highest BCUT2D eigenvalue weighted by Crippen LogP contribution is 2.15. The number of sulfonamides is 1. The van der Waals surface area contributed by atoms with Crippen molar-refractivity contribution in [2.45, 2.75) is 24.7 Å². The maximum absolute atomic E-state index is 12.4. The van der Waals surface area contributed by atoms with Gasteiger partial charge < -0.3 is 4.90 Å². The van der Waals surface area contributed by atoms with E-state index in [1.54, 1.807) is 12.1 Å². The van der Waals surface area contributed by atoms with E-state index in [2.05, 4.69) is 45.7 Å². The van der Waals surface area contributed by atoms with Crippen molar-refractivity contribution in [1.82, 2.24) is 9.62 Å². The number of hydrogen-bond donors (Lipinski definition) is 1. The van der Waals surface area contributed by atoms with E-state index in [4.69, 9.17) is 0 Å². The second-order valence-corrected chi connectivity index (χ2v) is 8.68. The Hall–Kier alpha value is -1.89. The van der Waals surface area contributed by atoms with Gasteiger partial charge in [-0.1, -0.05) is 37.3 Å². The van der Waals surface area contributed by atoms with Gasteiger partial charge in [0, 0.05) is 38.4 Å². The highest BCUT2D eigenvalue weighted by atomic mass is 32.2. The summed E-state index contributed by atoms with van der Waals surface area (Å²) in [5.74, 6) is 0. The lowest BCUT2D eigenvalue weighted by Crippen LogP contribution is -2.47. The molecule has 0 amide bonds. The van der Waals surface area contributed by atoms with Gasteiger partial charge in [0.2, 0.25) is 10.0 Å². The van der Waals surface area contributed by atoms with Crippen LogP contribution in [0.4, 0.5) is 5.69 Å². The first-order valence-corrected chi connectivity index (χ1v) is 11.2. The van der Waals surface area contributed by atoms with E-state index in [1.165, 1.54) is 5.69 Å². The summed E-state index contributed by atoms with van der Waals surface area (Å²) in [6, 6.07) is 17.6. The number of benzene rings is 2. The molecule has 0 radical (unpaired) electrons. The topological polar surface area (TPSA) is 52.7 Å². The van der Waals surface area contributed by atoms with E-state index in [0.717, 1.165) is 51.1 Å². The molecule has 0 saturated carbocycles. The fraction of sp³-hybridized carbons (Fsp3) is 0.429. The molecule has 0 bridgehead atoms. The molecule has 0 atom stereocenters. The van der Waals surface area contributed by atoms with Gasteiger partial charge in [0.15, 0.2) is 0 Å². The highest BCUT2D eigenvalue weighted by Gasteiger charge is 2.17. The zero-order chi connectivity index (χ0) is 19.1. The molecule has 1 aliphatic rings. The fourth-order valence-corrected chi connectivity index (χ4v) is 4.44. The van der Waals surface area contributed by atoms with E-state index >= 15 is 0 Å². The summed E-state index contributed by atoms with van der Waals surface area (Å²) in [6.45, 7) is 7.50. The van der Waals surface area contributed by atoms with Gasteiger partial charge in [0.1, 0.15) is 0 Å². The van der Waals surface area contributed by atoms with Crippen molar-refractivity contribution in [2.24, 2.45) is 0 Å². The number of nitrogens with zero attached hydrogens (tertiary/aromatic N) is 2. The van der Waals surface area contributed by atoms with Gasteiger partial charge in [-0.25, -0.2) is 13.1 Å². The summed E-state index contributed by atoms with van der Waals surface area (Å²) in [5, 5.41) is 0. The molecule has 1 heterocycles. The van der Waals surface area contributed by atoms with Crippen LogP contribution in [-0.2, 0) is 16.4 Å². The van der Waals surface area contributed by atoms with E-state index in [1.807, 2.05) is 18.2 Å². The Labute approximate surface area is 163 Å². The number of aryl methyl sites for hydroxylation is 1. The normalized spacial score (nSPS) is 15.8. The molecule has 3 rings (SSSR count). The molecule has 0 spiro atoms. The minimum Gasteiger partial charge on any atom is -0.369 e. The molecular formula is C21H29N3O2S. The molecular weight excluding hydrogens is 358 g/mol. The third-order valence-electron chi connectivity index (χ3n) is 5.08. The van der Waals surface area contributed by atoms with Gasteiger partial charge in [-0.2, -0.15) is 0 Å². The molecule has 0 unspecified atom stereocenters. The SMILES string of the molecule is CCc1ccc(S(=O)(=O)NCCCN2CCN(c3ccccc3)CC2)cc1. The molecule has 1 N–H and O–H groups in total. The maximum Gasteiger partial charge on any atom is 0.240 e. The van der Waals surface area contributed by atoms with Gasteiger partial charge in [-0.3, -0.25) is 4.90 Å². The van der Waals surface area contributed by atoms with E-state index < -0.39 is 10.0 Å². The molecule has 27 heavy (non-hydrogen) atoms. The largest absolute Gasteiger partial charge is 0.369 e. The lowest BCUT2D eigenvalue weighted by molar-refractivity contribution is 0.255. The van der Waals surface area contributed by atoms with Crippen LogP contribution in [0.3, 0.4) is 0 Å². The van der Waals surface area contributed by atoms with Gasteiger partial charge in [-0.05, 0) is 49.2 Å². The lowest BCUT2D eigenvalue weighted by atomic mass is 10.2. The summed E-state index contributed by atoms with van der Waals surface area (Å²) in [7, 11) is -3.41. The second-order valence-electron chi connectivity index (χ2n) is 6.91. The summed E-state index contributed by atoms with van der Waals surface area (Å²) in [4.78, 5) is 5.15. The van der Waals surface area contributed by atoms with Crippen LogP contribution < -0.4 is 9.62 Å². The minimum absolute atomic E-state index is 0.344. The number of hydrogen-bond acceptors (Lipinski definition) is 4. The van der Waals surface area contributed by atoms with Gasteiger partial charge >= 0.3 is 0 Å². The average Bonchev–Trinajstić information content (AvgIpc) is 2.72. The predicted octanol–water partition coefficient (Wildman–Crippen LogP) is 2.74. The Balaban J connectivity index is 1.39. The maximum atomic E-state index is 12.4. The molecule has 0 aliphatic carbocycles. The third kappa shape index (κ3) is 5.54. The molecule has 1 saturated heterocycles. The van der Waals surface area contributed by atoms with Gasteiger partial charge in [0.05, 0.1) is 4.90 Å². The van der Waals surface area contributed by atoms with Gasteiger partial charge in [-0.15, -0.1) is 0 Å². The second kappa shape index (κ2) is 9.35. The van der Waals surface area contributed by atoms with E-state index in [9.17, 15) is 8.42 Å². The Kier molecular flexibility index (Phi) is 6.88. The van der Waals surface area contributed by atoms with Crippen LogP contribution in [0.5, 0.6) is 0 Å². The molecule has 146 valence electrons. The van der Waals surface area contributed by atoms with Crippen molar-refractivity contribution in [3.8, 4) is 0 Å². The van der Waals surface area contributed by atoms with Crippen molar-refractivity contribution >= 4 is 15.7 Å². The number of anilines is 1. The first kappa shape index (κ1) is 19.9. The summed E-state index contributed by atoms with van der Waals surface area (Å²) in [6.07, 6.45) is 1.73. The summed E-state index contributed by atoms with van der Waals surface area (Å²) < 4.78 is 27.4. The zero-order valence-electron chi connectivity index (χ0n) is 16.0. The molecule has 5 nitrogen and oxygen atoms in total. The lowest BCUT2D eigenvalue weighted by Gasteiger charge is -2.36. The highest BCUT2D eigenvalue weighted by molar-refractivity contribution is 7.89. The molecule has 1 fully saturated rings. The van der Waals surface area contributed by atoms with E-state index in [0.29, 0.717) is 11.4 Å². The van der Waals surface area contributed by atoms with Crippen molar-refractivity contribution in [1.29, 1.82) is 0 Å². The Bertz CT molecular complexity index is 799. The molecule has 1 aliphatic heterocycles. The Morgan fingerprint density at radius 1 is 0.926 bits per heavy atom.